The van der Waals surface area contributed by atoms with E-state index >= 15 is 0 Å². The zero-order chi connectivity index (χ0) is 25.5. The van der Waals surface area contributed by atoms with Gasteiger partial charge in [0, 0.05) is 13.1 Å². The first kappa shape index (κ1) is 23.5. The van der Waals surface area contributed by atoms with E-state index in [1.54, 1.807) is 36.4 Å². The Morgan fingerprint density at radius 3 is 2.36 bits per heavy atom. The number of alkyl halides is 3. The van der Waals surface area contributed by atoms with Gasteiger partial charge in [-0.25, -0.2) is 4.79 Å². The molecule has 1 saturated heterocycles. The summed E-state index contributed by atoms with van der Waals surface area (Å²) in [5.74, 6) is 0.285. The number of morpholine rings is 1. The molecule has 1 unspecified atom stereocenters. The molecule has 12 heteroatoms. The molecule has 3 aliphatic rings. The Hall–Kier alpha value is -4.24. The van der Waals surface area contributed by atoms with Crippen LogP contribution >= 0.6 is 0 Å². The molecular formula is C24H21F3N6O3. The maximum Gasteiger partial charge on any atom is 0.421 e. The van der Waals surface area contributed by atoms with Crippen molar-refractivity contribution in [1.82, 2.24) is 15.2 Å². The fourth-order valence-corrected chi connectivity index (χ4v) is 4.52. The van der Waals surface area contributed by atoms with Crippen LogP contribution in [-0.4, -0.2) is 61.5 Å². The summed E-state index contributed by atoms with van der Waals surface area (Å²) in [5.41, 5.74) is -3.70. The number of carbonyl (C=O) groups excluding carboxylic acids is 1. The van der Waals surface area contributed by atoms with E-state index in [4.69, 9.17) is 9.47 Å². The number of carbonyl (C=O) groups is 1. The number of nitrogens with zero attached hydrogens (tertiary/aromatic N) is 5. The Morgan fingerprint density at radius 2 is 1.78 bits per heavy atom. The minimum atomic E-state index is -5.06. The number of benzene rings is 2. The lowest BCUT2D eigenvalue weighted by Gasteiger charge is -2.42. The van der Waals surface area contributed by atoms with Gasteiger partial charge >= 0.3 is 12.2 Å². The first-order valence-electron chi connectivity index (χ1n) is 11.1. The Kier molecular flexibility index (Phi) is 5.72. The Labute approximate surface area is 204 Å². The van der Waals surface area contributed by atoms with Crippen molar-refractivity contribution in [1.29, 1.82) is 5.26 Å². The topological polar surface area (TPSA) is 93.4 Å². The normalized spacial score (nSPS) is 22.1. The van der Waals surface area contributed by atoms with Gasteiger partial charge in [-0.2, -0.15) is 23.4 Å². The number of hydrogen-bond donors (Lipinski definition) is 1. The SMILES string of the molecule is COc1ccc(C2(C(F)(F)F)NC(=O)N3N=C(N4CCOCC4)N(c4ccccc4)C3=C2C#N)cc1. The molecule has 2 aromatic rings. The number of guanidine groups is 1. The number of nitrogens with one attached hydrogen (secondary N) is 1. The van der Waals surface area contributed by atoms with Crippen LogP contribution in [0.3, 0.4) is 0 Å². The lowest BCUT2D eigenvalue weighted by molar-refractivity contribution is -0.186. The van der Waals surface area contributed by atoms with Crippen molar-refractivity contribution < 1.29 is 27.4 Å². The van der Waals surface area contributed by atoms with Crippen molar-refractivity contribution in [3.63, 3.8) is 0 Å². The summed E-state index contributed by atoms with van der Waals surface area (Å²) in [5, 5.41) is 17.5. The first-order valence-corrected chi connectivity index (χ1v) is 11.1. The number of halogens is 3. The Morgan fingerprint density at radius 1 is 1.11 bits per heavy atom. The van der Waals surface area contributed by atoms with E-state index in [1.165, 1.54) is 36.3 Å². The van der Waals surface area contributed by atoms with Crippen molar-refractivity contribution in [3.8, 4) is 11.8 Å². The molecule has 5 rings (SSSR count). The summed E-state index contributed by atoms with van der Waals surface area (Å²) >= 11 is 0. The van der Waals surface area contributed by atoms with Crippen LogP contribution in [-0.2, 0) is 10.3 Å². The molecular weight excluding hydrogens is 477 g/mol. The lowest BCUT2D eigenvalue weighted by atomic mass is 9.80. The zero-order valence-electron chi connectivity index (χ0n) is 19.1. The van der Waals surface area contributed by atoms with Crippen LogP contribution in [0.15, 0.2) is 71.1 Å². The van der Waals surface area contributed by atoms with Gasteiger partial charge in [-0.1, -0.05) is 30.3 Å². The summed E-state index contributed by atoms with van der Waals surface area (Å²) in [6, 6.07) is 14.3. The number of hydrazone groups is 1. The maximum absolute atomic E-state index is 15.0. The van der Waals surface area contributed by atoms with Gasteiger partial charge in [-0.15, -0.1) is 5.10 Å². The van der Waals surface area contributed by atoms with E-state index in [1.807, 2.05) is 4.90 Å². The second-order valence-electron chi connectivity index (χ2n) is 8.20. The fourth-order valence-electron chi connectivity index (χ4n) is 4.52. The molecule has 0 radical (unpaired) electrons. The van der Waals surface area contributed by atoms with E-state index in [0.717, 1.165) is 5.01 Å². The van der Waals surface area contributed by atoms with Crippen LogP contribution in [0, 0.1) is 11.3 Å². The predicted octanol–water partition coefficient (Wildman–Crippen LogP) is 3.34. The minimum Gasteiger partial charge on any atom is -0.497 e. The van der Waals surface area contributed by atoms with Crippen LogP contribution in [0.2, 0.25) is 0 Å². The lowest BCUT2D eigenvalue weighted by Crippen LogP contribution is -2.63. The molecule has 0 aliphatic carbocycles. The number of amides is 2. The van der Waals surface area contributed by atoms with Gasteiger partial charge in [0.25, 0.3) is 0 Å². The predicted molar refractivity (Wildman–Crippen MR) is 122 cm³/mol. The van der Waals surface area contributed by atoms with Gasteiger partial charge in [0.2, 0.25) is 11.5 Å². The zero-order valence-corrected chi connectivity index (χ0v) is 19.1. The molecule has 1 N–H and O–H groups in total. The van der Waals surface area contributed by atoms with E-state index < -0.39 is 23.3 Å². The van der Waals surface area contributed by atoms with E-state index in [0.29, 0.717) is 37.7 Å². The van der Waals surface area contributed by atoms with Gasteiger partial charge in [-0.3, -0.25) is 4.90 Å². The summed E-state index contributed by atoms with van der Waals surface area (Å²) < 4.78 is 55.4. The molecule has 2 aromatic carbocycles. The fraction of sp³-hybridized carbons (Fsp3) is 0.292. The number of urea groups is 1. The van der Waals surface area contributed by atoms with Crippen molar-refractivity contribution in [2.24, 2.45) is 5.10 Å². The number of nitriles is 1. The van der Waals surface area contributed by atoms with Gasteiger partial charge in [-0.05, 0) is 29.8 Å². The molecule has 3 heterocycles. The number of para-hydroxylation sites is 1. The number of hydrogen-bond acceptors (Lipinski definition) is 7. The monoisotopic (exact) mass is 498 g/mol. The largest absolute Gasteiger partial charge is 0.497 e. The van der Waals surface area contributed by atoms with Crippen LogP contribution in [0.25, 0.3) is 0 Å². The van der Waals surface area contributed by atoms with Crippen LogP contribution in [0.1, 0.15) is 5.56 Å². The quantitative estimate of drug-likeness (QED) is 0.698. The molecule has 0 saturated carbocycles. The number of rotatable bonds is 3. The molecule has 0 spiro atoms. The molecule has 1 atom stereocenters. The highest BCUT2D eigenvalue weighted by molar-refractivity contribution is 6.04. The maximum atomic E-state index is 15.0. The average Bonchev–Trinajstić information content (AvgIpc) is 3.30. The number of ether oxygens (including phenoxy) is 2. The standard InChI is InChI=1S/C24H21F3N6O3/c1-35-18-9-7-16(8-10-18)23(24(25,26)27)19(15-28)20-32(17-5-3-2-4-6-17)21(30-33(20)22(34)29-23)31-11-13-36-14-12-31/h2-10H,11-14H2,1H3,(H,29,34). The summed E-state index contributed by atoms with van der Waals surface area (Å²) in [6.45, 7) is 1.60. The third kappa shape index (κ3) is 3.51. The number of methoxy groups -OCH3 is 1. The molecule has 9 nitrogen and oxygen atoms in total. The minimum absolute atomic E-state index is 0.232. The molecule has 36 heavy (non-hydrogen) atoms. The molecule has 1 fully saturated rings. The Balaban J connectivity index is 1.77. The third-order valence-electron chi connectivity index (χ3n) is 6.26. The van der Waals surface area contributed by atoms with Crippen LogP contribution in [0.5, 0.6) is 5.75 Å². The summed E-state index contributed by atoms with van der Waals surface area (Å²) in [4.78, 5) is 16.5. The van der Waals surface area contributed by atoms with Crippen LogP contribution in [0.4, 0.5) is 23.7 Å². The second-order valence-corrected chi connectivity index (χ2v) is 8.20. The summed E-state index contributed by atoms with van der Waals surface area (Å²) in [7, 11) is 1.39. The van der Waals surface area contributed by atoms with Crippen molar-refractivity contribution in [2.45, 2.75) is 11.7 Å². The van der Waals surface area contributed by atoms with Gasteiger partial charge < -0.3 is 19.7 Å². The number of anilines is 1. The van der Waals surface area contributed by atoms with Crippen LogP contribution < -0.4 is 15.0 Å². The van der Waals surface area contributed by atoms with E-state index in [2.05, 4.69) is 10.4 Å². The molecule has 186 valence electrons. The second kappa shape index (κ2) is 8.76. The van der Waals surface area contributed by atoms with E-state index in [-0.39, 0.29) is 17.3 Å². The Bertz CT molecular complexity index is 1270. The average molecular weight is 498 g/mol. The highest BCUT2D eigenvalue weighted by atomic mass is 19.4. The van der Waals surface area contributed by atoms with Gasteiger partial charge in [0.1, 0.15) is 17.4 Å². The third-order valence-corrected chi connectivity index (χ3v) is 6.26. The molecule has 3 aliphatic heterocycles. The first-order chi connectivity index (χ1) is 17.3. The molecule has 0 aromatic heterocycles. The molecule has 0 bridgehead atoms. The van der Waals surface area contributed by atoms with Crippen molar-refractivity contribution in [2.75, 3.05) is 38.3 Å². The van der Waals surface area contributed by atoms with Crippen molar-refractivity contribution >= 4 is 17.7 Å². The van der Waals surface area contributed by atoms with Gasteiger partial charge in [0.15, 0.2) is 5.82 Å². The highest BCUT2D eigenvalue weighted by Gasteiger charge is 2.65. The number of fused-ring (bicyclic) bond motifs is 1. The summed E-state index contributed by atoms with van der Waals surface area (Å²) in [6.07, 6.45) is -5.06. The smallest absolute Gasteiger partial charge is 0.421 e. The highest BCUT2D eigenvalue weighted by Crippen LogP contribution is 2.50. The van der Waals surface area contributed by atoms with Crippen molar-refractivity contribution in [3.05, 3.63) is 71.6 Å². The van der Waals surface area contributed by atoms with E-state index in [9.17, 15) is 23.2 Å². The van der Waals surface area contributed by atoms with Gasteiger partial charge in [0.05, 0.1) is 26.0 Å². The molecule has 2 amide bonds.